The largest absolute Gasteiger partial charge is 0.507 e. The van der Waals surface area contributed by atoms with Gasteiger partial charge in [0.2, 0.25) is 11.6 Å². The van der Waals surface area contributed by atoms with Gasteiger partial charge in [-0.1, -0.05) is 35.5 Å². The average molecular weight is 461 g/mol. The Morgan fingerprint density at radius 2 is 1.97 bits per heavy atom. The maximum Gasteiger partial charge on any atom is 0.292 e. The average Bonchev–Trinajstić information content (AvgIpc) is 3.47. The van der Waals surface area contributed by atoms with Gasteiger partial charge in [-0.3, -0.25) is 4.79 Å². The summed E-state index contributed by atoms with van der Waals surface area (Å²) in [7, 11) is 0. The second-order valence-corrected chi connectivity index (χ2v) is 7.15. The van der Waals surface area contributed by atoms with Crippen LogP contribution in [0.2, 0.25) is 0 Å². The molecule has 4 rings (SSSR count). The van der Waals surface area contributed by atoms with Gasteiger partial charge in [0.25, 0.3) is 5.91 Å². The number of nitrogens with zero attached hydrogens (tertiary/aromatic N) is 7. The Bertz CT molecular complexity index is 1310. The highest BCUT2D eigenvalue weighted by Gasteiger charge is 2.25. The van der Waals surface area contributed by atoms with E-state index in [0.717, 1.165) is 23.5 Å². The molecule has 0 spiro atoms. The first-order chi connectivity index (χ1) is 16.5. The molecule has 0 aliphatic heterocycles. The van der Waals surface area contributed by atoms with E-state index in [1.54, 1.807) is 24.3 Å². The number of nitrogen functional groups attached to an aromatic ring is 1. The van der Waals surface area contributed by atoms with E-state index in [4.69, 9.17) is 5.73 Å². The van der Waals surface area contributed by atoms with E-state index in [2.05, 4.69) is 40.7 Å². The second kappa shape index (κ2) is 9.81. The number of benzene rings is 2. The van der Waals surface area contributed by atoms with Crippen molar-refractivity contribution in [3.05, 3.63) is 59.8 Å². The van der Waals surface area contributed by atoms with E-state index in [1.807, 2.05) is 38.1 Å². The van der Waals surface area contributed by atoms with Crippen molar-refractivity contribution in [3.8, 4) is 22.8 Å². The van der Waals surface area contributed by atoms with Crippen molar-refractivity contribution in [2.75, 3.05) is 23.7 Å². The normalized spacial score (nSPS) is 11.1. The Hall–Kier alpha value is -4.74. The molecule has 0 unspecified atom stereocenters. The van der Waals surface area contributed by atoms with Crippen molar-refractivity contribution in [3.63, 3.8) is 0 Å². The van der Waals surface area contributed by atoms with Gasteiger partial charge in [0.05, 0.1) is 6.21 Å². The molecule has 0 fully saturated rings. The third kappa shape index (κ3) is 4.41. The van der Waals surface area contributed by atoms with E-state index in [-0.39, 0.29) is 23.1 Å². The zero-order chi connectivity index (χ0) is 24.1. The Labute approximate surface area is 194 Å². The number of carbonyl (C=O) groups is 1. The summed E-state index contributed by atoms with van der Waals surface area (Å²) in [4.78, 5) is 15.2. The number of anilines is 2. The minimum absolute atomic E-state index is 0.0217. The Morgan fingerprint density at radius 3 is 2.62 bits per heavy atom. The first-order valence-corrected chi connectivity index (χ1v) is 10.5. The Morgan fingerprint density at radius 1 is 1.21 bits per heavy atom. The predicted octanol–water partition coefficient (Wildman–Crippen LogP) is 2.22. The van der Waals surface area contributed by atoms with E-state index in [1.165, 1.54) is 6.21 Å². The highest BCUT2D eigenvalue weighted by Crippen LogP contribution is 2.25. The van der Waals surface area contributed by atoms with Crippen LogP contribution in [0.1, 0.15) is 29.9 Å². The molecule has 0 saturated heterocycles. The first-order valence-electron chi connectivity index (χ1n) is 10.5. The predicted molar refractivity (Wildman–Crippen MR) is 126 cm³/mol. The first kappa shape index (κ1) is 22.5. The number of nitrogens with two attached hydrogens (primary N) is 1. The summed E-state index contributed by atoms with van der Waals surface area (Å²) < 4.78 is 5.77. The maximum atomic E-state index is 13.1. The van der Waals surface area contributed by atoms with Crippen molar-refractivity contribution in [2.24, 2.45) is 5.10 Å². The van der Waals surface area contributed by atoms with Crippen LogP contribution >= 0.6 is 0 Å². The number of hydrazone groups is 1. The van der Waals surface area contributed by atoms with E-state index in [9.17, 15) is 9.90 Å². The lowest BCUT2D eigenvalue weighted by Gasteiger charge is -2.21. The quantitative estimate of drug-likeness (QED) is 0.264. The zero-order valence-electron chi connectivity index (χ0n) is 18.6. The van der Waals surface area contributed by atoms with Crippen molar-refractivity contribution in [1.29, 1.82) is 0 Å². The van der Waals surface area contributed by atoms with Crippen molar-refractivity contribution in [1.82, 2.24) is 30.7 Å². The van der Waals surface area contributed by atoms with Crippen LogP contribution in [0.25, 0.3) is 17.1 Å². The number of aromatic nitrogens is 5. The summed E-state index contributed by atoms with van der Waals surface area (Å²) in [6.07, 6.45) is 1.35. The van der Waals surface area contributed by atoms with Crippen LogP contribution in [0.15, 0.2) is 58.3 Å². The minimum Gasteiger partial charge on any atom is -0.507 e. The van der Waals surface area contributed by atoms with Gasteiger partial charge >= 0.3 is 0 Å². The Balaban J connectivity index is 1.61. The molecule has 2 heterocycles. The zero-order valence-corrected chi connectivity index (χ0v) is 18.6. The third-order valence-corrected chi connectivity index (χ3v) is 5.14. The van der Waals surface area contributed by atoms with E-state index >= 15 is 0 Å². The number of aromatic hydroxyl groups is 1. The number of hydrogen-bond donors (Lipinski definition) is 3. The fraction of sp³-hybridized carbons (Fsp3) is 0.182. The van der Waals surface area contributed by atoms with Crippen LogP contribution in [-0.4, -0.2) is 55.6 Å². The minimum atomic E-state index is -0.623. The maximum absolute atomic E-state index is 13.1. The van der Waals surface area contributed by atoms with Gasteiger partial charge in [0.15, 0.2) is 5.69 Å². The fourth-order valence-electron chi connectivity index (χ4n) is 3.40. The van der Waals surface area contributed by atoms with Crippen LogP contribution in [0.5, 0.6) is 5.75 Å². The molecule has 12 nitrogen and oxygen atoms in total. The monoisotopic (exact) mass is 461 g/mol. The van der Waals surface area contributed by atoms with E-state index in [0.29, 0.717) is 16.8 Å². The lowest BCUT2D eigenvalue weighted by Crippen LogP contribution is -2.23. The summed E-state index contributed by atoms with van der Waals surface area (Å²) in [5.74, 6) is -0.615. The highest BCUT2D eigenvalue weighted by molar-refractivity contribution is 5.99. The summed E-state index contributed by atoms with van der Waals surface area (Å²) in [6.45, 7) is 5.71. The lowest BCUT2D eigenvalue weighted by atomic mass is 10.1. The molecule has 1 amide bonds. The smallest absolute Gasteiger partial charge is 0.292 e. The molecule has 4 aromatic rings. The summed E-state index contributed by atoms with van der Waals surface area (Å²) in [5, 5.41) is 29.7. The van der Waals surface area contributed by atoms with Crippen molar-refractivity contribution < 1.29 is 14.5 Å². The lowest BCUT2D eigenvalue weighted by molar-refractivity contribution is 0.0947. The molecule has 4 N–H and O–H groups in total. The van der Waals surface area contributed by atoms with Gasteiger partial charge in [0.1, 0.15) is 11.4 Å². The molecule has 0 bridgehead atoms. The van der Waals surface area contributed by atoms with Crippen LogP contribution in [0.4, 0.5) is 11.5 Å². The van der Waals surface area contributed by atoms with Gasteiger partial charge in [-0.15, -0.1) is 5.10 Å². The molecule has 0 radical (unpaired) electrons. The number of amides is 1. The number of carbonyl (C=O) groups excluding carboxylic acids is 1. The van der Waals surface area contributed by atoms with E-state index < -0.39 is 5.91 Å². The standard InChI is InChI=1S/C22H23N9O3/c1-3-30(4-2)16-11-10-15(17(32)12-16)13-24-26-22(33)19-18(14-8-6-5-7-9-14)25-29-31(19)21-20(23)27-34-28-21/h5-13,32H,3-4H2,1-2H3,(H2,23,27)(H,26,33). The van der Waals surface area contributed by atoms with Gasteiger partial charge < -0.3 is 15.7 Å². The SMILES string of the molecule is CCN(CC)c1ccc(C=NNC(=O)c2c(-c3ccccc3)nnn2-c2nonc2N)c(O)c1. The number of nitrogens with one attached hydrogen (secondary N) is 1. The topological polar surface area (TPSA) is 161 Å². The summed E-state index contributed by atoms with van der Waals surface area (Å²) in [6, 6.07) is 14.3. The van der Waals surface area contributed by atoms with Crippen molar-refractivity contribution in [2.45, 2.75) is 13.8 Å². The highest BCUT2D eigenvalue weighted by atomic mass is 16.6. The molecule has 34 heavy (non-hydrogen) atoms. The number of phenols is 1. The number of phenolic OH excluding ortho intramolecular Hbond substituents is 1. The van der Waals surface area contributed by atoms with Crippen LogP contribution in [0.3, 0.4) is 0 Å². The molecular weight excluding hydrogens is 438 g/mol. The van der Waals surface area contributed by atoms with Crippen molar-refractivity contribution >= 4 is 23.6 Å². The molecule has 12 heteroatoms. The van der Waals surface area contributed by atoms with Gasteiger partial charge in [-0.05, 0) is 36.3 Å². The van der Waals surface area contributed by atoms with Gasteiger partial charge in [0, 0.05) is 36.0 Å². The van der Waals surface area contributed by atoms with Crippen LogP contribution < -0.4 is 16.1 Å². The molecule has 0 saturated carbocycles. The molecule has 0 atom stereocenters. The second-order valence-electron chi connectivity index (χ2n) is 7.15. The molecule has 2 aromatic carbocycles. The molecule has 2 aromatic heterocycles. The molecule has 174 valence electrons. The number of hydrogen-bond acceptors (Lipinski definition) is 10. The molecular formula is C22H23N9O3. The fourth-order valence-corrected chi connectivity index (χ4v) is 3.40. The van der Waals surface area contributed by atoms with Gasteiger partial charge in [-0.2, -0.15) is 9.78 Å². The molecule has 0 aliphatic carbocycles. The van der Waals surface area contributed by atoms with Crippen LogP contribution in [-0.2, 0) is 0 Å². The van der Waals surface area contributed by atoms with Gasteiger partial charge in [-0.25, -0.2) is 10.1 Å². The number of rotatable bonds is 8. The third-order valence-electron chi connectivity index (χ3n) is 5.14. The molecule has 0 aliphatic rings. The summed E-state index contributed by atoms with van der Waals surface area (Å²) in [5.41, 5.74) is 10.5. The summed E-state index contributed by atoms with van der Waals surface area (Å²) >= 11 is 0. The Kier molecular flexibility index (Phi) is 6.48. The van der Waals surface area contributed by atoms with Crippen LogP contribution in [0, 0.1) is 0 Å².